The molecule has 6 nitrogen and oxygen atoms in total. The summed E-state index contributed by atoms with van der Waals surface area (Å²) >= 11 is 0. The predicted octanol–water partition coefficient (Wildman–Crippen LogP) is 4.69. The molecule has 0 bridgehead atoms. The highest BCUT2D eigenvalue weighted by Gasteiger charge is 2.51. The molecule has 31 heavy (non-hydrogen) atoms. The summed E-state index contributed by atoms with van der Waals surface area (Å²) in [5, 5.41) is 4.24. The van der Waals surface area contributed by atoms with Gasteiger partial charge in [0.05, 0.1) is 24.6 Å². The molecule has 166 valence electrons. The van der Waals surface area contributed by atoms with Gasteiger partial charge in [-0.3, -0.25) is 4.79 Å². The van der Waals surface area contributed by atoms with Crippen LogP contribution in [0.3, 0.4) is 0 Å². The number of halogens is 1. The molecule has 2 atom stereocenters. The summed E-state index contributed by atoms with van der Waals surface area (Å²) in [6.45, 7) is 6.58. The van der Waals surface area contributed by atoms with E-state index in [0.717, 1.165) is 17.5 Å². The van der Waals surface area contributed by atoms with E-state index in [2.05, 4.69) is 5.16 Å². The van der Waals surface area contributed by atoms with Gasteiger partial charge in [0.2, 0.25) is 5.60 Å². The Balaban J connectivity index is 0.00000132. The maximum atomic E-state index is 13.4. The molecule has 2 aromatic rings. The summed E-state index contributed by atoms with van der Waals surface area (Å²) in [5.41, 5.74) is 7.86. The molecule has 1 spiro atoms. The number of rotatable bonds is 4. The van der Waals surface area contributed by atoms with Gasteiger partial charge in [0.25, 0.3) is 5.91 Å². The Hall–Kier alpha value is -3.09. The summed E-state index contributed by atoms with van der Waals surface area (Å²) < 4.78 is 18.5. The second-order valence-corrected chi connectivity index (χ2v) is 7.59. The van der Waals surface area contributed by atoms with E-state index in [1.165, 1.54) is 12.1 Å². The minimum atomic E-state index is -0.990. The summed E-state index contributed by atoms with van der Waals surface area (Å²) in [6.07, 6.45) is 1.81. The van der Waals surface area contributed by atoms with Crippen molar-refractivity contribution >= 4 is 17.3 Å². The predicted molar refractivity (Wildman–Crippen MR) is 119 cm³/mol. The van der Waals surface area contributed by atoms with Crippen LogP contribution in [0.25, 0.3) is 0 Å². The van der Waals surface area contributed by atoms with Gasteiger partial charge in [0, 0.05) is 24.9 Å². The molecule has 2 aliphatic rings. The number of nitrogens with zero attached hydrogens (tertiary/aromatic N) is 2. The Morgan fingerprint density at radius 1 is 1.23 bits per heavy atom. The first-order valence-corrected chi connectivity index (χ1v) is 10.7. The molecular formula is C24H30FN3O3. The lowest BCUT2D eigenvalue weighted by Crippen LogP contribution is -2.54. The quantitative estimate of drug-likeness (QED) is 0.718. The number of piperidine rings is 1. The number of nitrogen functional groups attached to an aromatic ring is 1. The van der Waals surface area contributed by atoms with Crippen LogP contribution >= 0.6 is 0 Å². The van der Waals surface area contributed by atoms with Crippen molar-refractivity contribution in [2.24, 2.45) is 5.16 Å². The molecule has 1 amide bonds. The number of hydrogen-bond acceptors (Lipinski definition) is 5. The van der Waals surface area contributed by atoms with E-state index in [1.54, 1.807) is 30.2 Å². The van der Waals surface area contributed by atoms with Crippen LogP contribution in [0.2, 0.25) is 0 Å². The van der Waals surface area contributed by atoms with Crippen LogP contribution < -0.4 is 10.5 Å². The molecule has 0 aromatic heterocycles. The molecule has 2 aliphatic heterocycles. The van der Waals surface area contributed by atoms with Crippen LogP contribution in [0.4, 0.5) is 10.1 Å². The SMILES string of the molecule is CC.COc1cc(C2=NOC3(CCCN(C(C)c4ccc(F)cc4)C3=O)C2)ccc1N. The molecule has 2 heterocycles. The van der Waals surface area contributed by atoms with E-state index in [-0.39, 0.29) is 17.8 Å². The molecule has 0 aliphatic carbocycles. The third kappa shape index (κ3) is 4.36. The van der Waals surface area contributed by atoms with Crippen LogP contribution in [-0.2, 0) is 9.63 Å². The first-order chi connectivity index (χ1) is 14.9. The maximum Gasteiger partial charge on any atom is 0.270 e. The first kappa shape index (κ1) is 22.6. The maximum absolute atomic E-state index is 13.4. The molecule has 7 heteroatoms. The standard InChI is InChI=1S/C22H24FN3O3.C2H6/c1-14(15-4-7-17(23)8-5-15)26-11-3-10-22(21(26)27)13-19(25-29-22)16-6-9-18(24)20(12-16)28-2;1-2/h4-9,12,14H,3,10-11,13,24H2,1-2H3;1-2H3. The number of likely N-dealkylation sites (tertiary alicyclic amines) is 1. The fourth-order valence-corrected chi connectivity index (χ4v) is 4.07. The van der Waals surface area contributed by atoms with Gasteiger partial charge in [-0.2, -0.15) is 0 Å². The van der Waals surface area contributed by atoms with E-state index in [9.17, 15) is 9.18 Å². The van der Waals surface area contributed by atoms with E-state index < -0.39 is 5.60 Å². The Labute approximate surface area is 182 Å². The highest BCUT2D eigenvalue weighted by atomic mass is 19.1. The Bertz CT molecular complexity index is 961. The van der Waals surface area contributed by atoms with Crippen LogP contribution in [0, 0.1) is 5.82 Å². The van der Waals surface area contributed by atoms with Crippen molar-refractivity contribution in [3.8, 4) is 5.75 Å². The average molecular weight is 428 g/mol. The zero-order valence-corrected chi connectivity index (χ0v) is 18.5. The molecular weight excluding hydrogens is 397 g/mol. The summed E-state index contributed by atoms with van der Waals surface area (Å²) in [6, 6.07) is 11.5. The molecule has 1 fully saturated rings. The van der Waals surface area contributed by atoms with Crippen molar-refractivity contribution < 1.29 is 18.8 Å². The van der Waals surface area contributed by atoms with Crippen molar-refractivity contribution in [1.29, 1.82) is 0 Å². The third-order valence-electron chi connectivity index (χ3n) is 5.80. The van der Waals surface area contributed by atoms with E-state index in [4.69, 9.17) is 15.3 Å². The lowest BCUT2D eigenvalue weighted by Gasteiger charge is -2.40. The fraction of sp³-hybridized carbons (Fsp3) is 0.417. The van der Waals surface area contributed by atoms with Crippen molar-refractivity contribution in [2.75, 3.05) is 19.4 Å². The second kappa shape index (κ2) is 9.37. The van der Waals surface area contributed by atoms with Gasteiger partial charge >= 0.3 is 0 Å². The van der Waals surface area contributed by atoms with Crippen LogP contribution in [0.15, 0.2) is 47.6 Å². The van der Waals surface area contributed by atoms with Gasteiger partial charge < -0.3 is 20.2 Å². The number of benzene rings is 2. The van der Waals surface area contributed by atoms with E-state index in [0.29, 0.717) is 36.5 Å². The van der Waals surface area contributed by atoms with Crippen molar-refractivity contribution in [2.45, 2.75) is 51.7 Å². The van der Waals surface area contributed by atoms with Gasteiger partial charge in [-0.25, -0.2) is 4.39 Å². The minimum Gasteiger partial charge on any atom is -0.495 e. The highest BCUT2D eigenvalue weighted by molar-refractivity contribution is 6.06. The van der Waals surface area contributed by atoms with Crippen LogP contribution in [0.1, 0.15) is 57.2 Å². The Morgan fingerprint density at radius 2 is 1.94 bits per heavy atom. The summed E-state index contributed by atoms with van der Waals surface area (Å²) in [7, 11) is 1.56. The largest absolute Gasteiger partial charge is 0.495 e. The number of amides is 1. The molecule has 1 saturated heterocycles. The van der Waals surface area contributed by atoms with E-state index >= 15 is 0 Å². The fourth-order valence-electron chi connectivity index (χ4n) is 4.07. The normalized spacial score (nSPS) is 21.1. The molecule has 2 unspecified atom stereocenters. The number of carbonyl (C=O) groups excluding carboxylic acids is 1. The van der Waals surface area contributed by atoms with E-state index in [1.807, 2.05) is 32.9 Å². The summed E-state index contributed by atoms with van der Waals surface area (Å²) in [4.78, 5) is 21.0. The zero-order valence-electron chi connectivity index (χ0n) is 18.5. The highest BCUT2D eigenvalue weighted by Crippen LogP contribution is 2.39. The number of nitrogens with two attached hydrogens (primary N) is 1. The number of ether oxygens (including phenoxy) is 1. The third-order valence-corrected chi connectivity index (χ3v) is 5.80. The number of hydrogen-bond donors (Lipinski definition) is 1. The summed E-state index contributed by atoms with van der Waals surface area (Å²) in [5.74, 6) is 0.188. The van der Waals surface area contributed by atoms with Gasteiger partial charge in [-0.05, 0) is 43.2 Å². The minimum absolute atomic E-state index is 0.0817. The smallest absolute Gasteiger partial charge is 0.270 e. The number of methoxy groups -OCH3 is 1. The average Bonchev–Trinajstić information content (AvgIpc) is 3.22. The van der Waals surface area contributed by atoms with Crippen molar-refractivity contribution in [3.63, 3.8) is 0 Å². The van der Waals surface area contributed by atoms with Gasteiger partial charge in [0.15, 0.2) is 0 Å². The molecule has 2 N–H and O–H groups in total. The lowest BCUT2D eigenvalue weighted by molar-refractivity contribution is -0.164. The van der Waals surface area contributed by atoms with Crippen molar-refractivity contribution in [3.05, 3.63) is 59.4 Å². The molecule has 4 rings (SSSR count). The molecule has 0 radical (unpaired) electrons. The monoisotopic (exact) mass is 427 g/mol. The lowest BCUT2D eigenvalue weighted by atomic mass is 9.84. The molecule has 2 aromatic carbocycles. The molecule has 0 saturated carbocycles. The Kier molecular flexibility index (Phi) is 6.83. The first-order valence-electron chi connectivity index (χ1n) is 10.7. The topological polar surface area (TPSA) is 77.2 Å². The van der Waals surface area contributed by atoms with Gasteiger partial charge in [-0.1, -0.05) is 37.2 Å². The van der Waals surface area contributed by atoms with Crippen LogP contribution in [0.5, 0.6) is 5.75 Å². The number of oxime groups is 1. The van der Waals surface area contributed by atoms with Gasteiger partial charge in [-0.15, -0.1) is 0 Å². The van der Waals surface area contributed by atoms with Crippen LogP contribution in [-0.4, -0.2) is 35.8 Å². The van der Waals surface area contributed by atoms with Gasteiger partial charge in [0.1, 0.15) is 11.6 Å². The number of carbonyl (C=O) groups is 1. The zero-order chi connectivity index (χ0) is 22.6. The van der Waals surface area contributed by atoms with Crippen molar-refractivity contribution in [1.82, 2.24) is 4.90 Å². The second-order valence-electron chi connectivity index (χ2n) is 7.59. The Morgan fingerprint density at radius 3 is 2.61 bits per heavy atom. The number of anilines is 1.